The zero-order chi connectivity index (χ0) is 14.5. The van der Waals surface area contributed by atoms with Gasteiger partial charge in [0.05, 0.1) is 12.2 Å². The van der Waals surface area contributed by atoms with E-state index >= 15 is 0 Å². The van der Waals surface area contributed by atoms with E-state index in [2.05, 4.69) is 22.0 Å². The fourth-order valence-electron chi connectivity index (χ4n) is 1.69. The fourth-order valence-corrected chi connectivity index (χ4v) is 2.10. The summed E-state index contributed by atoms with van der Waals surface area (Å²) in [5.41, 5.74) is 6.86. The molecule has 108 valence electrons. The Kier molecular flexibility index (Phi) is 6.30. The van der Waals surface area contributed by atoms with E-state index in [4.69, 9.17) is 15.2 Å². The quantitative estimate of drug-likeness (QED) is 0.812. The Morgan fingerprint density at radius 3 is 2.53 bits per heavy atom. The summed E-state index contributed by atoms with van der Waals surface area (Å²) in [6.07, 6.45) is 0.800. The van der Waals surface area contributed by atoms with Crippen LogP contribution in [0.2, 0.25) is 0 Å². The van der Waals surface area contributed by atoms with Crippen LogP contribution in [0, 0.1) is 0 Å². The molecule has 0 radical (unpaired) electrons. The smallest absolute Gasteiger partial charge is 0.122 e. The van der Waals surface area contributed by atoms with E-state index in [0.29, 0.717) is 13.2 Å². The summed E-state index contributed by atoms with van der Waals surface area (Å²) in [6, 6.07) is 6.12. The molecule has 0 aliphatic rings. The van der Waals surface area contributed by atoms with Crippen LogP contribution in [0.4, 0.5) is 0 Å². The van der Waals surface area contributed by atoms with Crippen LogP contribution in [-0.4, -0.2) is 24.9 Å². The third-order valence-electron chi connectivity index (χ3n) is 2.44. The zero-order valence-corrected chi connectivity index (χ0v) is 13.8. The maximum Gasteiger partial charge on any atom is 0.122 e. The van der Waals surface area contributed by atoms with Crippen molar-refractivity contribution in [1.82, 2.24) is 0 Å². The average molecular weight is 330 g/mol. The van der Waals surface area contributed by atoms with Gasteiger partial charge in [0.15, 0.2) is 0 Å². The van der Waals surface area contributed by atoms with Gasteiger partial charge in [-0.05, 0) is 57.9 Å². The SMILES string of the molecule is CC(N)Cc1cc(Br)ccc1OCCOC(C)(C)C. The van der Waals surface area contributed by atoms with E-state index in [1.807, 2.05) is 39.8 Å². The molecule has 0 fully saturated rings. The molecule has 0 heterocycles. The summed E-state index contributed by atoms with van der Waals surface area (Å²) in [7, 11) is 0. The van der Waals surface area contributed by atoms with E-state index in [9.17, 15) is 0 Å². The number of ether oxygens (including phenoxy) is 2. The van der Waals surface area contributed by atoms with Gasteiger partial charge in [-0.25, -0.2) is 0 Å². The molecule has 0 spiro atoms. The van der Waals surface area contributed by atoms with Crippen LogP contribution in [0.5, 0.6) is 5.75 Å². The molecule has 0 saturated carbocycles. The van der Waals surface area contributed by atoms with Crippen LogP contribution in [-0.2, 0) is 11.2 Å². The summed E-state index contributed by atoms with van der Waals surface area (Å²) in [5.74, 6) is 0.887. The molecule has 0 saturated heterocycles. The zero-order valence-electron chi connectivity index (χ0n) is 12.2. The lowest BCUT2D eigenvalue weighted by atomic mass is 10.1. The maximum absolute atomic E-state index is 5.86. The Labute approximate surface area is 124 Å². The van der Waals surface area contributed by atoms with E-state index in [1.165, 1.54) is 0 Å². The standard InChI is InChI=1S/C15H24BrNO2/c1-11(17)9-12-10-13(16)5-6-14(12)18-7-8-19-15(2,3)4/h5-6,10-11H,7-9,17H2,1-4H3. The van der Waals surface area contributed by atoms with Gasteiger partial charge in [-0.1, -0.05) is 15.9 Å². The fraction of sp³-hybridized carbons (Fsp3) is 0.600. The van der Waals surface area contributed by atoms with E-state index in [1.54, 1.807) is 0 Å². The van der Waals surface area contributed by atoms with Crippen molar-refractivity contribution in [2.45, 2.75) is 45.8 Å². The highest BCUT2D eigenvalue weighted by Crippen LogP contribution is 2.24. The van der Waals surface area contributed by atoms with Gasteiger partial charge in [0.1, 0.15) is 12.4 Å². The molecule has 0 aromatic heterocycles. The Balaban J connectivity index is 2.57. The summed E-state index contributed by atoms with van der Waals surface area (Å²) in [5, 5.41) is 0. The molecule has 1 aromatic carbocycles. The van der Waals surface area contributed by atoms with Crippen molar-refractivity contribution >= 4 is 15.9 Å². The van der Waals surface area contributed by atoms with Crippen molar-refractivity contribution in [2.75, 3.05) is 13.2 Å². The Hall–Kier alpha value is -0.580. The second kappa shape index (κ2) is 7.27. The minimum atomic E-state index is -0.127. The average Bonchev–Trinajstić information content (AvgIpc) is 2.24. The molecular weight excluding hydrogens is 306 g/mol. The highest BCUT2D eigenvalue weighted by Gasteiger charge is 2.10. The number of hydrogen-bond acceptors (Lipinski definition) is 3. The molecule has 1 aromatic rings. The molecule has 3 nitrogen and oxygen atoms in total. The molecular formula is C15H24BrNO2. The molecule has 1 unspecified atom stereocenters. The van der Waals surface area contributed by atoms with Gasteiger partial charge in [0, 0.05) is 10.5 Å². The molecule has 0 aliphatic heterocycles. The first-order valence-corrected chi connectivity index (χ1v) is 7.38. The van der Waals surface area contributed by atoms with Crippen LogP contribution < -0.4 is 10.5 Å². The Morgan fingerprint density at radius 1 is 1.26 bits per heavy atom. The Bertz CT molecular complexity index is 400. The molecule has 4 heteroatoms. The summed E-state index contributed by atoms with van der Waals surface area (Å²) in [6.45, 7) is 9.23. The van der Waals surface area contributed by atoms with Gasteiger partial charge >= 0.3 is 0 Å². The van der Waals surface area contributed by atoms with Crippen LogP contribution in [0.25, 0.3) is 0 Å². The molecule has 19 heavy (non-hydrogen) atoms. The van der Waals surface area contributed by atoms with Crippen molar-refractivity contribution in [3.63, 3.8) is 0 Å². The number of hydrogen-bond donors (Lipinski definition) is 1. The van der Waals surface area contributed by atoms with Gasteiger partial charge < -0.3 is 15.2 Å². The van der Waals surface area contributed by atoms with E-state index in [-0.39, 0.29) is 11.6 Å². The molecule has 0 amide bonds. The number of halogens is 1. The van der Waals surface area contributed by atoms with E-state index < -0.39 is 0 Å². The van der Waals surface area contributed by atoms with E-state index in [0.717, 1.165) is 22.2 Å². The summed E-state index contributed by atoms with van der Waals surface area (Å²) in [4.78, 5) is 0. The normalized spacial score (nSPS) is 13.4. The third kappa shape index (κ3) is 6.95. The monoisotopic (exact) mass is 329 g/mol. The molecule has 0 aliphatic carbocycles. The third-order valence-corrected chi connectivity index (χ3v) is 2.93. The lowest BCUT2D eigenvalue weighted by Gasteiger charge is -2.20. The lowest BCUT2D eigenvalue weighted by molar-refractivity contribution is -0.0163. The van der Waals surface area contributed by atoms with Gasteiger partial charge in [0.25, 0.3) is 0 Å². The maximum atomic E-state index is 5.86. The highest BCUT2D eigenvalue weighted by molar-refractivity contribution is 9.10. The van der Waals surface area contributed by atoms with Crippen molar-refractivity contribution in [1.29, 1.82) is 0 Å². The predicted molar refractivity (Wildman–Crippen MR) is 82.7 cm³/mol. The van der Waals surface area contributed by atoms with Crippen molar-refractivity contribution in [3.05, 3.63) is 28.2 Å². The summed E-state index contributed by atoms with van der Waals surface area (Å²) < 4.78 is 12.5. The van der Waals surface area contributed by atoms with Gasteiger partial charge in [-0.15, -0.1) is 0 Å². The minimum absolute atomic E-state index is 0.113. The number of benzene rings is 1. The number of rotatable bonds is 6. The Morgan fingerprint density at radius 2 is 1.95 bits per heavy atom. The van der Waals surface area contributed by atoms with Gasteiger partial charge in [0.2, 0.25) is 0 Å². The largest absolute Gasteiger partial charge is 0.491 e. The predicted octanol–water partition coefficient (Wildman–Crippen LogP) is 3.53. The van der Waals surface area contributed by atoms with Crippen LogP contribution in [0.1, 0.15) is 33.3 Å². The molecule has 0 bridgehead atoms. The van der Waals surface area contributed by atoms with Crippen molar-refractivity contribution in [2.24, 2.45) is 5.73 Å². The highest BCUT2D eigenvalue weighted by atomic mass is 79.9. The summed E-state index contributed by atoms with van der Waals surface area (Å²) >= 11 is 3.47. The molecule has 2 N–H and O–H groups in total. The minimum Gasteiger partial charge on any atom is -0.491 e. The van der Waals surface area contributed by atoms with Crippen LogP contribution in [0.15, 0.2) is 22.7 Å². The molecule has 1 atom stereocenters. The van der Waals surface area contributed by atoms with Crippen LogP contribution in [0.3, 0.4) is 0 Å². The first-order chi connectivity index (χ1) is 8.78. The first kappa shape index (κ1) is 16.5. The second-order valence-electron chi connectivity index (χ2n) is 5.74. The topological polar surface area (TPSA) is 44.5 Å². The second-order valence-corrected chi connectivity index (χ2v) is 6.66. The van der Waals surface area contributed by atoms with Crippen molar-refractivity contribution in [3.8, 4) is 5.75 Å². The van der Waals surface area contributed by atoms with Crippen LogP contribution >= 0.6 is 15.9 Å². The lowest BCUT2D eigenvalue weighted by Crippen LogP contribution is -2.23. The van der Waals surface area contributed by atoms with Crippen molar-refractivity contribution < 1.29 is 9.47 Å². The first-order valence-electron chi connectivity index (χ1n) is 6.59. The number of nitrogens with two attached hydrogens (primary N) is 1. The molecule has 1 rings (SSSR count). The van der Waals surface area contributed by atoms with Gasteiger partial charge in [-0.3, -0.25) is 0 Å². The van der Waals surface area contributed by atoms with Gasteiger partial charge in [-0.2, -0.15) is 0 Å².